The van der Waals surface area contributed by atoms with Gasteiger partial charge in [0.25, 0.3) is 5.89 Å². The van der Waals surface area contributed by atoms with Crippen molar-refractivity contribution in [1.82, 2.24) is 10.1 Å². The molecule has 3 rings (SSSR count). The second-order valence-corrected chi connectivity index (χ2v) is 6.29. The zero-order valence-corrected chi connectivity index (χ0v) is 12.5. The molecule has 2 N–H and O–H groups in total. The highest BCUT2D eigenvalue weighted by Crippen LogP contribution is 2.29. The number of benzene rings is 1. The summed E-state index contributed by atoms with van der Waals surface area (Å²) in [6, 6.07) is 9.97. The van der Waals surface area contributed by atoms with Gasteiger partial charge in [-0.1, -0.05) is 17.3 Å². The Hall–Kier alpha value is -1.79. The average molecular weight is 303 g/mol. The van der Waals surface area contributed by atoms with Gasteiger partial charge >= 0.3 is 0 Å². The number of hydrogen-bond donors (Lipinski definition) is 1. The number of nitrogen functional groups attached to an aromatic ring is 1. The van der Waals surface area contributed by atoms with Crippen molar-refractivity contribution in [1.29, 1.82) is 0 Å². The van der Waals surface area contributed by atoms with Gasteiger partial charge in [-0.25, -0.2) is 0 Å². The van der Waals surface area contributed by atoms with Crippen LogP contribution in [0.1, 0.15) is 11.4 Å². The number of thioether (sulfide) groups is 1. The monoisotopic (exact) mass is 303 g/mol. The highest BCUT2D eigenvalue weighted by molar-refractivity contribution is 7.98. The molecule has 2 heterocycles. The van der Waals surface area contributed by atoms with E-state index in [0.717, 1.165) is 21.0 Å². The van der Waals surface area contributed by atoms with Crippen LogP contribution in [0.15, 0.2) is 45.1 Å². The molecule has 20 heavy (non-hydrogen) atoms. The van der Waals surface area contributed by atoms with Crippen LogP contribution in [0.25, 0.3) is 10.8 Å². The number of nitrogens with zero attached hydrogens (tertiary/aromatic N) is 2. The van der Waals surface area contributed by atoms with Crippen LogP contribution < -0.4 is 5.73 Å². The fourth-order valence-corrected chi connectivity index (χ4v) is 3.19. The Labute approximate surface area is 125 Å². The molecule has 0 saturated carbocycles. The molecular weight excluding hydrogens is 290 g/mol. The lowest BCUT2D eigenvalue weighted by Gasteiger charge is -2.04. The van der Waals surface area contributed by atoms with E-state index in [4.69, 9.17) is 10.3 Å². The summed E-state index contributed by atoms with van der Waals surface area (Å²) in [6.45, 7) is 2.03. The molecule has 0 amide bonds. The lowest BCUT2D eigenvalue weighted by Crippen LogP contribution is -1.90. The molecule has 0 aliphatic heterocycles. The van der Waals surface area contributed by atoms with E-state index in [-0.39, 0.29) is 0 Å². The minimum Gasteiger partial charge on any atom is -0.398 e. The Kier molecular flexibility index (Phi) is 3.75. The van der Waals surface area contributed by atoms with Gasteiger partial charge in [0, 0.05) is 10.6 Å². The number of anilines is 1. The summed E-state index contributed by atoms with van der Waals surface area (Å²) in [5, 5.41) is 5.98. The summed E-state index contributed by atoms with van der Waals surface area (Å²) < 4.78 is 5.25. The molecule has 0 aliphatic carbocycles. The Morgan fingerprint density at radius 1 is 1.35 bits per heavy atom. The van der Waals surface area contributed by atoms with Crippen LogP contribution >= 0.6 is 23.1 Å². The van der Waals surface area contributed by atoms with Crippen LogP contribution in [0.2, 0.25) is 0 Å². The molecule has 0 aliphatic rings. The topological polar surface area (TPSA) is 64.9 Å². The molecule has 0 unspecified atom stereocenters. The van der Waals surface area contributed by atoms with Gasteiger partial charge in [-0.15, -0.1) is 23.1 Å². The molecule has 2 aromatic heterocycles. The number of thiophene rings is 1. The largest absolute Gasteiger partial charge is 0.398 e. The summed E-state index contributed by atoms with van der Waals surface area (Å²) in [4.78, 5) is 6.42. The third kappa shape index (κ3) is 2.86. The summed E-state index contributed by atoms with van der Waals surface area (Å²) in [6.07, 6.45) is 0. The quantitative estimate of drug-likeness (QED) is 0.583. The van der Waals surface area contributed by atoms with Crippen LogP contribution in [0.5, 0.6) is 0 Å². The SMILES string of the molecule is Cc1ccc(SCc2noc(-c3cccs3)n2)c(N)c1. The molecule has 102 valence electrons. The first kappa shape index (κ1) is 13.2. The number of aromatic nitrogens is 2. The molecule has 0 saturated heterocycles. The number of hydrogen-bond acceptors (Lipinski definition) is 6. The maximum atomic E-state index is 5.98. The first-order chi connectivity index (χ1) is 9.72. The molecule has 0 fully saturated rings. The minimum absolute atomic E-state index is 0.576. The maximum Gasteiger partial charge on any atom is 0.268 e. The van der Waals surface area contributed by atoms with E-state index in [2.05, 4.69) is 10.1 Å². The van der Waals surface area contributed by atoms with Crippen LogP contribution in [0.3, 0.4) is 0 Å². The smallest absolute Gasteiger partial charge is 0.268 e. The van der Waals surface area contributed by atoms with E-state index < -0.39 is 0 Å². The Balaban J connectivity index is 1.70. The van der Waals surface area contributed by atoms with E-state index >= 15 is 0 Å². The average Bonchev–Trinajstić information content (AvgIpc) is 3.08. The maximum absolute atomic E-state index is 5.98. The van der Waals surface area contributed by atoms with E-state index in [1.165, 1.54) is 0 Å². The van der Waals surface area contributed by atoms with Gasteiger partial charge in [0.2, 0.25) is 0 Å². The standard InChI is InChI=1S/C14H13N3OS2/c1-9-4-5-11(10(15)7-9)20-8-13-16-14(18-17-13)12-3-2-6-19-12/h2-7H,8,15H2,1H3. The lowest BCUT2D eigenvalue weighted by atomic mass is 10.2. The first-order valence-corrected chi connectivity index (χ1v) is 7.94. The van der Waals surface area contributed by atoms with Crippen LogP contribution in [0.4, 0.5) is 5.69 Å². The predicted molar refractivity (Wildman–Crippen MR) is 82.8 cm³/mol. The van der Waals surface area contributed by atoms with Crippen molar-refractivity contribution in [2.24, 2.45) is 0 Å². The normalized spacial score (nSPS) is 10.8. The fourth-order valence-electron chi connectivity index (χ4n) is 1.75. The Bertz CT molecular complexity index is 707. The van der Waals surface area contributed by atoms with Crippen LogP contribution in [0, 0.1) is 6.92 Å². The van der Waals surface area contributed by atoms with Crippen LogP contribution in [-0.4, -0.2) is 10.1 Å². The minimum atomic E-state index is 0.576. The zero-order valence-electron chi connectivity index (χ0n) is 10.9. The Morgan fingerprint density at radius 2 is 2.25 bits per heavy atom. The molecule has 4 nitrogen and oxygen atoms in total. The van der Waals surface area contributed by atoms with Crippen molar-refractivity contribution in [3.8, 4) is 10.8 Å². The molecule has 0 bridgehead atoms. The van der Waals surface area contributed by atoms with Crippen molar-refractivity contribution in [2.75, 3.05) is 5.73 Å². The van der Waals surface area contributed by atoms with Crippen molar-refractivity contribution < 1.29 is 4.52 Å². The lowest BCUT2D eigenvalue weighted by molar-refractivity contribution is 0.426. The van der Waals surface area contributed by atoms with Crippen molar-refractivity contribution in [3.05, 3.63) is 47.1 Å². The van der Waals surface area contributed by atoms with Crippen molar-refractivity contribution in [3.63, 3.8) is 0 Å². The second-order valence-electron chi connectivity index (χ2n) is 4.32. The Morgan fingerprint density at radius 3 is 3.00 bits per heavy atom. The molecule has 0 spiro atoms. The van der Waals surface area contributed by atoms with Gasteiger partial charge in [-0.05, 0) is 36.1 Å². The van der Waals surface area contributed by atoms with Gasteiger partial charge in [-0.3, -0.25) is 0 Å². The van der Waals surface area contributed by atoms with Gasteiger partial charge in [-0.2, -0.15) is 4.98 Å². The first-order valence-electron chi connectivity index (χ1n) is 6.08. The molecule has 1 aromatic carbocycles. The second kappa shape index (κ2) is 5.68. The molecule has 0 atom stereocenters. The van der Waals surface area contributed by atoms with Gasteiger partial charge in [0.05, 0.1) is 10.6 Å². The molecule has 0 radical (unpaired) electrons. The molecular formula is C14H13N3OS2. The highest BCUT2D eigenvalue weighted by atomic mass is 32.2. The molecule has 6 heteroatoms. The highest BCUT2D eigenvalue weighted by Gasteiger charge is 2.10. The van der Waals surface area contributed by atoms with Gasteiger partial charge < -0.3 is 10.3 Å². The zero-order chi connectivity index (χ0) is 13.9. The van der Waals surface area contributed by atoms with Crippen LogP contribution in [-0.2, 0) is 5.75 Å². The summed E-state index contributed by atoms with van der Waals surface area (Å²) >= 11 is 3.20. The number of aryl methyl sites for hydroxylation is 1. The summed E-state index contributed by atoms with van der Waals surface area (Å²) in [7, 11) is 0. The van der Waals surface area contributed by atoms with Gasteiger partial charge in [0.1, 0.15) is 0 Å². The molecule has 3 aromatic rings. The van der Waals surface area contributed by atoms with E-state index in [9.17, 15) is 0 Å². The van der Waals surface area contributed by atoms with Crippen molar-refractivity contribution in [2.45, 2.75) is 17.6 Å². The van der Waals surface area contributed by atoms with Gasteiger partial charge in [0.15, 0.2) is 5.82 Å². The van der Waals surface area contributed by atoms with Crippen molar-refractivity contribution >= 4 is 28.8 Å². The summed E-state index contributed by atoms with van der Waals surface area (Å²) in [5.74, 6) is 1.90. The van der Waals surface area contributed by atoms with E-state index in [1.54, 1.807) is 23.1 Å². The van der Waals surface area contributed by atoms with E-state index in [0.29, 0.717) is 17.5 Å². The third-order valence-electron chi connectivity index (χ3n) is 2.72. The summed E-state index contributed by atoms with van der Waals surface area (Å²) in [5.41, 5.74) is 7.93. The third-order valence-corrected chi connectivity index (χ3v) is 4.67. The fraction of sp³-hybridized carbons (Fsp3) is 0.143. The predicted octanol–water partition coefficient (Wildman–Crippen LogP) is 3.98. The van der Waals surface area contributed by atoms with E-state index in [1.807, 2.05) is 42.6 Å². The number of nitrogens with two attached hydrogens (primary N) is 1. The number of rotatable bonds is 4.